The van der Waals surface area contributed by atoms with Gasteiger partial charge in [0.05, 0.1) is 20.6 Å². The Morgan fingerprint density at radius 2 is 1.87 bits per heavy atom. The molecule has 1 aromatic carbocycles. The highest BCUT2D eigenvalue weighted by Gasteiger charge is 2.11. The van der Waals surface area contributed by atoms with Gasteiger partial charge in [-0.25, -0.2) is 0 Å². The van der Waals surface area contributed by atoms with Crippen molar-refractivity contribution in [3.8, 4) is 11.5 Å². The fraction of sp³-hybridized carbons (Fsp3) is 0.364. The second-order valence-electron chi connectivity index (χ2n) is 3.20. The highest BCUT2D eigenvalue weighted by Crippen LogP contribution is 2.28. The number of hydrogen-bond acceptors (Lipinski definition) is 3. The molecular formula is C11H14O4. The third-order valence-corrected chi connectivity index (χ3v) is 2.14. The Kier molecular flexibility index (Phi) is 3.55. The molecular weight excluding hydrogens is 196 g/mol. The SMILES string of the molecule is COc1cc(OC)c(CC(=O)O)cc1C. The number of aryl methyl sites for hydroxylation is 1. The lowest BCUT2D eigenvalue weighted by Crippen LogP contribution is -2.03. The minimum atomic E-state index is -0.877. The molecule has 1 N–H and O–H groups in total. The van der Waals surface area contributed by atoms with E-state index in [9.17, 15) is 4.79 Å². The fourth-order valence-corrected chi connectivity index (χ4v) is 1.44. The Bertz CT molecular complexity index is 371. The molecule has 0 atom stereocenters. The van der Waals surface area contributed by atoms with Crippen molar-refractivity contribution in [1.82, 2.24) is 0 Å². The van der Waals surface area contributed by atoms with Gasteiger partial charge in [0.25, 0.3) is 0 Å². The monoisotopic (exact) mass is 210 g/mol. The molecule has 15 heavy (non-hydrogen) atoms. The Morgan fingerprint density at radius 3 is 2.33 bits per heavy atom. The van der Waals surface area contributed by atoms with Gasteiger partial charge in [0.1, 0.15) is 11.5 Å². The summed E-state index contributed by atoms with van der Waals surface area (Å²) in [6.45, 7) is 1.86. The summed E-state index contributed by atoms with van der Waals surface area (Å²) in [6, 6.07) is 3.47. The van der Waals surface area contributed by atoms with E-state index in [2.05, 4.69) is 0 Å². The standard InChI is InChI=1S/C11H14O4/c1-7-4-8(5-11(12)13)10(15-3)6-9(7)14-2/h4,6H,5H2,1-3H3,(H,12,13). The summed E-state index contributed by atoms with van der Waals surface area (Å²) in [5.74, 6) is 0.360. The summed E-state index contributed by atoms with van der Waals surface area (Å²) in [7, 11) is 3.08. The molecule has 82 valence electrons. The number of aliphatic carboxylic acids is 1. The van der Waals surface area contributed by atoms with Gasteiger partial charge in [-0.2, -0.15) is 0 Å². The van der Waals surface area contributed by atoms with Crippen molar-refractivity contribution < 1.29 is 19.4 Å². The number of carboxylic acids is 1. The number of methoxy groups -OCH3 is 2. The van der Waals surface area contributed by atoms with Crippen LogP contribution in [0.25, 0.3) is 0 Å². The van der Waals surface area contributed by atoms with Gasteiger partial charge >= 0.3 is 5.97 Å². The van der Waals surface area contributed by atoms with Crippen molar-refractivity contribution in [2.24, 2.45) is 0 Å². The minimum absolute atomic E-state index is 0.0476. The predicted octanol–water partition coefficient (Wildman–Crippen LogP) is 1.64. The van der Waals surface area contributed by atoms with Crippen LogP contribution in [0.3, 0.4) is 0 Å². The van der Waals surface area contributed by atoms with E-state index >= 15 is 0 Å². The molecule has 0 saturated heterocycles. The lowest BCUT2D eigenvalue weighted by Gasteiger charge is -2.11. The first-order chi connectivity index (χ1) is 7.08. The number of rotatable bonds is 4. The summed E-state index contributed by atoms with van der Waals surface area (Å²) in [5, 5.41) is 8.72. The van der Waals surface area contributed by atoms with Crippen LogP contribution in [-0.4, -0.2) is 25.3 Å². The number of ether oxygens (including phenoxy) is 2. The Labute approximate surface area is 88.4 Å². The first-order valence-corrected chi connectivity index (χ1v) is 4.51. The maximum atomic E-state index is 10.6. The van der Waals surface area contributed by atoms with Crippen LogP contribution in [-0.2, 0) is 11.2 Å². The highest BCUT2D eigenvalue weighted by atomic mass is 16.5. The summed E-state index contributed by atoms with van der Waals surface area (Å²) < 4.78 is 10.2. The van der Waals surface area contributed by atoms with E-state index in [0.717, 1.165) is 5.56 Å². The average molecular weight is 210 g/mol. The Hall–Kier alpha value is -1.71. The fourth-order valence-electron chi connectivity index (χ4n) is 1.44. The number of carbonyl (C=O) groups is 1. The van der Waals surface area contributed by atoms with Gasteiger partial charge in [0, 0.05) is 11.6 Å². The molecule has 4 nitrogen and oxygen atoms in total. The largest absolute Gasteiger partial charge is 0.496 e. The number of carboxylic acid groups (broad SMARTS) is 1. The van der Waals surface area contributed by atoms with Crippen LogP contribution in [0.2, 0.25) is 0 Å². The van der Waals surface area contributed by atoms with Gasteiger partial charge in [-0.05, 0) is 18.6 Å². The third kappa shape index (κ3) is 2.62. The second kappa shape index (κ2) is 4.68. The zero-order valence-corrected chi connectivity index (χ0v) is 9.03. The van der Waals surface area contributed by atoms with E-state index in [4.69, 9.17) is 14.6 Å². The van der Waals surface area contributed by atoms with Crippen molar-refractivity contribution in [3.63, 3.8) is 0 Å². The zero-order valence-electron chi connectivity index (χ0n) is 9.03. The van der Waals surface area contributed by atoms with E-state index in [1.54, 1.807) is 19.2 Å². The van der Waals surface area contributed by atoms with Gasteiger partial charge in [0.15, 0.2) is 0 Å². The predicted molar refractivity (Wildman–Crippen MR) is 55.6 cm³/mol. The molecule has 0 amide bonds. The molecule has 0 bridgehead atoms. The van der Waals surface area contributed by atoms with Crippen molar-refractivity contribution in [2.75, 3.05) is 14.2 Å². The molecule has 0 aliphatic rings. The van der Waals surface area contributed by atoms with Crippen LogP contribution < -0.4 is 9.47 Å². The van der Waals surface area contributed by atoms with Crippen molar-refractivity contribution in [2.45, 2.75) is 13.3 Å². The first-order valence-electron chi connectivity index (χ1n) is 4.51. The molecule has 0 radical (unpaired) electrons. The molecule has 0 saturated carbocycles. The molecule has 0 aliphatic heterocycles. The molecule has 0 heterocycles. The van der Waals surface area contributed by atoms with Crippen LogP contribution in [0.15, 0.2) is 12.1 Å². The minimum Gasteiger partial charge on any atom is -0.496 e. The van der Waals surface area contributed by atoms with E-state index in [1.807, 2.05) is 6.92 Å². The maximum Gasteiger partial charge on any atom is 0.307 e. The average Bonchev–Trinajstić information content (AvgIpc) is 2.17. The van der Waals surface area contributed by atoms with E-state index in [0.29, 0.717) is 17.1 Å². The third-order valence-electron chi connectivity index (χ3n) is 2.14. The normalized spacial score (nSPS) is 9.80. The molecule has 1 rings (SSSR count). The van der Waals surface area contributed by atoms with Gasteiger partial charge in [-0.15, -0.1) is 0 Å². The summed E-state index contributed by atoms with van der Waals surface area (Å²) in [4.78, 5) is 10.6. The van der Waals surface area contributed by atoms with Crippen molar-refractivity contribution >= 4 is 5.97 Å². The summed E-state index contributed by atoms with van der Waals surface area (Å²) >= 11 is 0. The van der Waals surface area contributed by atoms with Crippen LogP contribution in [0.5, 0.6) is 11.5 Å². The smallest absolute Gasteiger partial charge is 0.307 e. The van der Waals surface area contributed by atoms with E-state index in [-0.39, 0.29) is 6.42 Å². The summed E-state index contributed by atoms with van der Waals surface area (Å²) in [6.07, 6.45) is -0.0476. The van der Waals surface area contributed by atoms with E-state index < -0.39 is 5.97 Å². The quantitative estimate of drug-likeness (QED) is 0.820. The van der Waals surface area contributed by atoms with Gasteiger partial charge in [-0.3, -0.25) is 4.79 Å². The number of hydrogen-bond donors (Lipinski definition) is 1. The van der Waals surface area contributed by atoms with Crippen molar-refractivity contribution in [1.29, 1.82) is 0 Å². The molecule has 4 heteroatoms. The van der Waals surface area contributed by atoms with Crippen LogP contribution in [0.4, 0.5) is 0 Å². The molecule has 0 aliphatic carbocycles. The highest BCUT2D eigenvalue weighted by molar-refractivity contribution is 5.71. The molecule has 0 aromatic heterocycles. The van der Waals surface area contributed by atoms with Gasteiger partial charge < -0.3 is 14.6 Å². The first kappa shape index (κ1) is 11.4. The lowest BCUT2D eigenvalue weighted by molar-refractivity contribution is -0.136. The summed E-state index contributed by atoms with van der Waals surface area (Å²) in [5.41, 5.74) is 1.55. The maximum absolute atomic E-state index is 10.6. The van der Waals surface area contributed by atoms with Gasteiger partial charge in [0.2, 0.25) is 0 Å². The van der Waals surface area contributed by atoms with Crippen molar-refractivity contribution in [3.05, 3.63) is 23.3 Å². The second-order valence-corrected chi connectivity index (χ2v) is 3.20. The molecule has 0 fully saturated rings. The van der Waals surface area contributed by atoms with Crippen LogP contribution in [0, 0.1) is 6.92 Å². The zero-order chi connectivity index (χ0) is 11.4. The van der Waals surface area contributed by atoms with Crippen LogP contribution >= 0.6 is 0 Å². The molecule has 0 spiro atoms. The van der Waals surface area contributed by atoms with Gasteiger partial charge in [-0.1, -0.05) is 0 Å². The molecule has 1 aromatic rings. The Morgan fingerprint density at radius 1 is 1.27 bits per heavy atom. The molecule has 0 unspecified atom stereocenters. The van der Waals surface area contributed by atoms with E-state index in [1.165, 1.54) is 7.11 Å². The Balaban J connectivity index is 3.15. The number of benzene rings is 1. The lowest BCUT2D eigenvalue weighted by atomic mass is 10.1. The van der Waals surface area contributed by atoms with Crippen LogP contribution in [0.1, 0.15) is 11.1 Å². The topological polar surface area (TPSA) is 55.8 Å².